The number of aromatic hydroxyl groups is 1. The molecule has 0 amide bonds. The molecule has 4 rings (SSSR count). The van der Waals surface area contributed by atoms with Crippen molar-refractivity contribution in [1.29, 1.82) is 0 Å². The highest BCUT2D eigenvalue weighted by Crippen LogP contribution is 2.45. The van der Waals surface area contributed by atoms with Gasteiger partial charge in [-0.1, -0.05) is 19.8 Å². The first-order chi connectivity index (χ1) is 18.9. The number of phenols is 1. The molecule has 1 aliphatic heterocycles. The zero-order valence-electron chi connectivity index (χ0n) is 22.8. The normalized spacial score (nSPS) is 23.9. The molecular formula is C29H34O11. The first kappa shape index (κ1) is 29.6. The number of ketones is 2. The smallest absolute Gasteiger partial charge is 0.308 e. The van der Waals surface area contributed by atoms with Gasteiger partial charge in [-0.3, -0.25) is 14.4 Å². The molecule has 1 aliphatic carbocycles. The van der Waals surface area contributed by atoms with Crippen LogP contribution in [0.3, 0.4) is 0 Å². The van der Waals surface area contributed by atoms with Gasteiger partial charge in [-0.2, -0.15) is 0 Å². The number of hydrogen-bond acceptors (Lipinski definition) is 11. The summed E-state index contributed by atoms with van der Waals surface area (Å²) < 4.78 is 16.7. The summed E-state index contributed by atoms with van der Waals surface area (Å²) in [5, 5.41) is 52.1. The van der Waals surface area contributed by atoms with E-state index in [9.17, 15) is 39.9 Å². The van der Waals surface area contributed by atoms with Gasteiger partial charge in [-0.25, -0.2) is 0 Å². The quantitative estimate of drug-likeness (QED) is 0.155. The predicted octanol–water partition coefficient (Wildman–Crippen LogP) is 1.83. The van der Waals surface area contributed by atoms with Crippen LogP contribution in [0.2, 0.25) is 0 Å². The van der Waals surface area contributed by atoms with E-state index in [0.29, 0.717) is 12.0 Å². The monoisotopic (exact) mass is 558 g/mol. The number of unbranched alkanes of at least 4 members (excludes halogenated alkanes) is 2. The summed E-state index contributed by atoms with van der Waals surface area (Å²) >= 11 is 0. The molecule has 0 spiro atoms. The van der Waals surface area contributed by atoms with Crippen LogP contribution in [0.15, 0.2) is 12.1 Å². The molecule has 1 heterocycles. The number of benzene rings is 2. The van der Waals surface area contributed by atoms with Gasteiger partial charge in [0, 0.05) is 34.7 Å². The van der Waals surface area contributed by atoms with Gasteiger partial charge in [-0.05, 0) is 44.4 Å². The highest BCUT2D eigenvalue weighted by atomic mass is 16.7. The third kappa shape index (κ3) is 5.11. The topological polar surface area (TPSA) is 180 Å². The molecule has 11 nitrogen and oxygen atoms in total. The van der Waals surface area contributed by atoms with Crippen molar-refractivity contribution >= 4 is 17.5 Å². The second-order valence-electron chi connectivity index (χ2n) is 10.2. The van der Waals surface area contributed by atoms with E-state index in [4.69, 9.17) is 14.2 Å². The van der Waals surface area contributed by atoms with Crippen LogP contribution < -0.4 is 9.47 Å². The molecule has 2 aromatic carbocycles. The molecule has 5 atom stereocenters. The third-order valence-corrected chi connectivity index (χ3v) is 7.38. The summed E-state index contributed by atoms with van der Waals surface area (Å²) in [5.74, 6) is -2.52. The Hall–Kier alpha value is -3.35. The highest BCUT2D eigenvalue weighted by molar-refractivity contribution is 6.30. The van der Waals surface area contributed by atoms with Crippen LogP contribution >= 0.6 is 0 Å². The zero-order chi connectivity index (χ0) is 29.5. The molecule has 1 saturated heterocycles. The van der Waals surface area contributed by atoms with E-state index in [0.717, 1.165) is 12.8 Å². The summed E-state index contributed by atoms with van der Waals surface area (Å²) in [7, 11) is 0. The largest absolute Gasteiger partial charge is 0.507 e. The summed E-state index contributed by atoms with van der Waals surface area (Å²) in [6, 6.07) is 2.54. The number of hydrogen-bond donors (Lipinski definition) is 5. The number of carbonyl (C=O) groups is 3. The predicted molar refractivity (Wildman–Crippen MR) is 140 cm³/mol. The molecule has 2 aromatic rings. The fourth-order valence-electron chi connectivity index (χ4n) is 5.28. The Balaban J connectivity index is 1.92. The zero-order valence-corrected chi connectivity index (χ0v) is 22.8. The van der Waals surface area contributed by atoms with Crippen molar-refractivity contribution in [2.45, 2.75) is 90.7 Å². The lowest BCUT2D eigenvalue weighted by atomic mass is 9.77. The minimum atomic E-state index is -1.65. The Morgan fingerprint density at radius 3 is 2.33 bits per heavy atom. The van der Waals surface area contributed by atoms with Crippen molar-refractivity contribution in [2.75, 3.05) is 0 Å². The number of esters is 1. The maximum Gasteiger partial charge on any atom is 0.308 e. The molecule has 0 aromatic heterocycles. The lowest BCUT2D eigenvalue weighted by Crippen LogP contribution is -2.58. The van der Waals surface area contributed by atoms with Crippen LogP contribution in [-0.2, 0) is 22.6 Å². The second kappa shape index (κ2) is 11.6. The molecule has 2 aliphatic rings. The maximum atomic E-state index is 14.0. The van der Waals surface area contributed by atoms with Crippen LogP contribution in [0.5, 0.6) is 17.2 Å². The molecule has 40 heavy (non-hydrogen) atoms. The number of ether oxygens (including phenoxy) is 3. The van der Waals surface area contributed by atoms with Crippen LogP contribution in [0.1, 0.15) is 88.6 Å². The minimum absolute atomic E-state index is 0.00955. The number of carbonyl (C=O) groups excluding carboxylic acids is 3. The summed E-state index contributed by atoms with van der Waals surface area (Å²) in [4.78, 5) is 39.4. The van der Waals surface area contributed by atoms with Crippen LogP contribution in [0.4, 0.5) is 0 Å². The van der Waals surface area contributed by atoms with Gasteiger partial charge >= 0.3 is 5.97 Å². The van der Waals surface area contributed by atoms with Gasteiger partial charge < -0.3 is 39.7 Å². The second-order valence-corrected chi connectivity index (χ2v) is 10.2. The highest BCUT2D eigenvalue weighted by Gasteiger charge is 2.45. The number of phenolic OH excluding ortho intramolecular Hbond substituents is 1. The summed E-state index contributed by atoms with van der Waals surface area (Å²) in [6.45, 7) is 5.53. The number of fused-ring (bicyclic) bond motifs is 2. The van der Waals surface area contributed by atoms with Crippen LogP contribution in [-0.4, -0.2) is 73.8 Å². The SMILES string of the molecule is CCCCCc1c(O[C@@H]2O[C@@H](C)[C@@H](O)[C@@H](O)[C@H]2O)c(C)c(O)c2c1C(=O)c1cc(OC(C)=O)cc(CO)c1C2=O. The Labute approximate surface area is 230 Å². The van der Waals surface area contributed by atoms with Crippen molar-refractivity contribution in [3.63, 3.8) is 0 Å². The fourth-order valence-corrected chi connectivity index (χ4v) is 5.28. The number of aliphatic hydroxyl groups excluding tert-OH is 4. The van der Waals surface area contributed by atoms with Gasteiger partial charge in [0.1, 0.15) is 35.6 Å². The Kier molecular flexibility index (Phi) is 8.62. The lowest BCUT2D eigenvalue weighted by Gasteiger charge is -2.39. The molecule has 0 radical (unpaired) electrons. The van der Waals surface area contributed by atoms with E-state index in [1.807, 2.05) is 6.92 Å². The van der Waals surface area contributed by atoms with Crippen LogP contribution in [0, 0.1) is 6.92 Å². The van der Waals surface area contributed by atoms with Crippen molar-refractivity contribution in [2.24, 2.45) is 0 Å². The lowest BCUT2D eigenvalue weighted by molar-refractivity contribution is -0.268. The average Bonchev–Trinajstić information content (AvgIpc) is 2.91. The number of rotatable bonds is 8. The Bertz CT molecular complexity index is 1350. The van der Waals surface area contributed by atoms with E-state index in [1.54, 1.807) is 0 Å². The van der Waals surface area contributed by atoms with Gasteiger partial charge in [0.05, 0.1) is 18.3 Å². The van der Waals surface area contributed by atoms with Crippen molar-refractivity contribution in [1.82, 2.24) is 0 Å². The third-order valence-electron chi connectivity index (χ3n) is 7.38. The van der Waals surface area contributed by atoms with Gasteiger partial charge in [0.2, 0.25) is 6.29 Å². The Morgan fingerprint density at radius 1 is 1.00 bits per heavy atom. The molecular weight excluding hydrogens is 524 g/mol. The summed E-state index contributed by atoms with van der Waals surface area (Å²) in [5.41, 5.74) is -0.0745. The molecule has 0 saturated carbocycles. The van der Waals surface area contributed by atoms with E-state index >= 15 is 0 Å². The summed E-state index contributed by atoms with van der Waals surface area (Å²) in [6.07, 6.45) is -4.44. The van der Waals surface area contributed by atoms with Gasteiger partial charge in [-0.15, -0.1) is 0 Å². The van der Waals surface area contributed by atoms with E-state index in [1.165, 1.54) is 32.9 Å². The van der Waals surface area contributed by atoms with Gasteiger partial charge in [0.15, 0.2) is 11.6 Å². The fraction of sp³-hybridized carbons (Fsp3) is 0.483. The van der Waals surface area contributed by atoms with Crippen molar-refractivity contribution < 1.29 is 54.1 Å². The molecule has 1 fully saturated rings. The molecule has 5 N–H and O–H groups in total. The number of aliphatic hydroxyl groups is 4. The maximum absolute atomic E-state index is 14.0. The molecule has 0 unspecified atom stereocenters. The Morgan fingerprint density at radius 2 is 1.70 bits per heavy atom. The van der Waals surface area contributed by atoms with E-state index < -0.39 is 60.6 Å². The standard InChI is InChI=1S/C29H34O11/c1-5-6-7-8-17-20-21(22(32)12(2)28(17)40-29-27(37)26(36)23(33)13(3)38-29)25(35)19-15(11-30)9-16(39-14(4)31)10-18(19)24(20)34/h9-10,13,23,26-27,29-30,32-33,36-37H,5-8,11H2,1-4H3/t13-,23+,26+,27+,29-/m0/s1. The van der Waals surface area contributed by atoms with Crippen LogP contribution in [0.25, 0.3) is 0 Å². The first-order valence-corrected chi connectivity index (χ1v) is 13.2. The van der Waals surface area contributed by atoms with Crippen molar-refractivity contribution in [3.8, 4) is 17.2 Å². The van der Waals surface area contributed by atoms with E-state index in [2.05, 4.69) is 0 Å². The molecule has 11 heteroatoms. The van der Waals surface area contributed by atoms with Gasteiger partial charge in [0.25, 0.3) is 0 Å². The molecule has 0 bridgehead atoms. The van der Waals surface area contributed by atoms with E-state index in [-0.39, 0.29) is 51.3 Å². The average molecular weight is 559 g/mol. The minimum Gasteiger partial charge on any atom is -0.507 e. The first-order valence-electron chi connectivity index (χ1n) is 13.2. The molecule has 216 valence electrons. The van der Waals surface area contributed by atoms with Crippen molar-refractivity contribution in [3.05, 3.63) is 51.1 Å².